The van der Waals surface area contributed by atoms with Crippen LogP contribution in [0.5, 0.6) is 5.75 Å². The first kappa shape index (κ1) is 18.4. The fourth-order valence-corrected chi connectivity index (χ4v) is 5.63. The predicted octanol–water partition coefficient (Wildman–Crippen LogP) is 2.96. The van der Waals surface area contributed by atoms with Crippen LogP contribution in [0.2, 0.25) is 0 Å². The van der Waals surface area contributed by atoms with Crippen molar-refractivity contribution in [3.05, 3.63) is 59.4 Å². The van der Waals surface area contributed by atoms with Gasteiger partial charge in [0, 0.05) is 44.2 Å². The molecule has 27 heavy (non-hydrogen) atoms. The van der Waals surface area contributed by atoms with E-state index in [1.165, 1.54) is 28.1 Å². The maximum absolute atomic E-state index is 13.3. The number of ether oxygens (including phenoxy) is 1. The van der Waals surface area contributed by atoms with Gasteiger partial charge >= 0.3 is 0 Å². The minimum Gasteiger partial charge on any atom is -0.493 e. The zero-order chi connectivity index (χ0) is 19.0. The number of hydrogen-bond acceptors (Lipinski definition) is 4. The van der Waals surface area contributed by atoms with E-state index in [1.807, 2.05) is 18.2 Å². The van der Waals surface area contributed by atoms with Crippen LogP contribution >= 0.6 is 0 Å². The summed E-state index contributed by atoms with van der Waals surface area (Å²) in [6.45, 7) is 4.49. The number of hydrogen-bond donors (Lipinski definition) is 0. The molecule has 1 unspecified atom stereocenters. The molecule has 1 fully saturated rings. The van der Waals surface area contributed by atoms with Gasteiger partial charge in [0.25, 0.3) is 0 Å². The van der Waals surface area contributed by atoms with E-state index in [-0.39, 0.29) is 10.9 Å². The number of sulfonamides is 1. The Labute approximate surface area is 159 Å². The first-order valence-corrected chi connectivity index (χ1v) is 10.6. The Morgan fingerprint density at radius 1 is 1.07 bits per heavy atom. The highest BCUT2D eigenvalue weighted by Crippen LogP contribution is 2.36. The maximum atomic E-state index is 13.3. The van der Waals surface area contributed by atoms with Gasteiger partial charge in [-0.05, 0) is 36.8 Å². The quantitative estimate of drug-likeness (QED) is 0.809. The predicted molar refractivity (Wildman–Crippen MR) is 101 cm³/mol. The highest BCUT2D eigenvalue weighted by Gasteiger charge is 2.34. The van der Waals surface area contributed by atoms with E-state index >= 15 is 0 Å². The van der Waals surface area contributed by atoms with Crippen molar-refractivity contribution >= 4 is 10.0 Å². The topological polar surface area (TPSA) is 49.9 Å². The van der Waals surface area contributed by atoms with E-state index in [4.69, 9.17) is 4.74 Å². The molecule has 0 spiro atoms. The number of piperazine rings is 1. The molecule has 0 aliphatic carbocycles. The van der Waals surface area contributed by atoms with Gasteiger partial charge in [0.05, 0.1) is 11.5 Å². The van der Waals surface area contributed by atoms with Crippen LogP contribution in [-0.4, -0.2) is 50.4 Å². The highest BCUT2D eigenvalue weighted by atomic mass is 32.2. The minimum atomic E-state index is -3.61. The van der Waals surface area contributed by atoms with Crippen LogP contribution in [0.4, 0.5) is 4.39 Å². The van der Waals surface area contributed by atoms with Gasteiger partial charge in [0.1, 0.15) is 11.6 Å². The Kier molecular flexibility index (Phi) is 4.92. The second-order valence-electron chi connectivity index (χ2n) is 7.04. The largest absolute Gasteiger partial charge is 0.493 e. The lowest BCUT2D eigenvalue weighted by atomic mass is 9.98. The number of nitrogens with zero attached hydrogens (tertiary/aromatic N) is 2. The summed E-state index contributed by atoms with van der Waals surface area (Å²) in [5, 5.41) is 0. The second-order valence-corrected chi connectivity index (χ2v) is 8.95. The molecule has 2 aromatic carbocycles. The van der Waals surface area contributed by atoms with E-state index < -0.39 is 15.8 Å². The van der Waals surface area contributed by atoms with Gasteiger partial charge in [0.15, 0.2) is 0 Å². The first-order valence-electron chi connectivity index (χ1n) is 9.19. The van der Waals surface area contributed by atoms with E-state index in [0.29, 0.717) is 38.3 Å². The molecule has 7 heteroatoms. The van der Waals surface area contributed by atoms with Gasteiger partial charge < -0.3 is 4.74 Å². The number of benzene rings is 2. The molecule has 0 bridgehead atoms. The van der Waals surface area contributed by atoms with Crippen LogP contribution in [0.15, 0.2) is 47.4 Å². The average Bonchev–Trinajstić information content (AvgIpc) is 2.67. The molecule has 0 N–H and O–H groups in total. The molecule has 0 radical (unpaired) electrons. The molecule has 144 valence electrons. The normalized spacial score (nSPS) is 21.5. The summed E-state index contributed by atoms with van der Waals surface area (Å²) >= 11 is 0. The molecule has 1 atom stereocenters. The number of fused-ring (bicyclic) bond motifs is 1. The highest BCUT2D eigenvalue weighted by molar-refractivity contribution is 7.89. The van der Waals surface area contributed by atoms with Crippen LogP contribution in [0.3, 0.4) is 0 Å². The molecule has 0 amide bonds. The second kappa shape index (κ2) is 7.22. The Balaban J connectivity index is 1.49. The van der Waals surface area contributed by atoms with Crippen molar-refractivity contribution in [1.82, 2.24) is 9.21 Å². The van der Waals surface area contributed by atoms with Crippen LogP contribution in [0.1, 0.15) is 23.6 Å². The summed E-state index contributed by atoms with van der Waals surface area (Å²) < 4.78 is 46.5. The molecule has 4 rings (SSSR count). The minimum absolute atomic E-state index is 0.189. The lowest BCUT2D eigenvalue weighted by Crippen LogP contribution is -2.50. The van der Waals surface area contributed by atoms with E-state index in [0.717, 1.165) is 12.2 Å². The van der Waals surface area contributed by atoms with Crippen molar-refractivity contribution in [2.75, 3.05) is 32.8 Å². The molecule has 2 heterocycles. The molecule has 2 aliphatic heterocycles. The van der Waals surface area contributed by atoms with Crippen LogP contribution in [0.25, 0.3) is 0 Å². The van der Waals surface area contributed by atoms with Crippen LogP contribution in [-0.2, 0) is 10.0 Å². The molecular formula is C20H23FN2O3S. The summed E-state index contributed by atoms with van der Waals surface area (Å²) in [6.07, 6.45) is 0.904. The van der Waals surface area contributed by atoms with E-state index in [9.17, 15) is 12.8 Å². The SMILES string of the molecule is Cc1cc(F)ccc1S(=O)(=O)N1CCN(C2CCOc3ccccc32)CC1. The van der Waals surface area contributed by atoms with Gasteiger partial charge in [-0.3, -0.25) is 4.90 Å². The van der Waals surface area contributed by atoms with Crippen molar-refractivity contribution in [3.63, 3.8) is 0 Å². The fraction of sp³-hybridized carbons (Fsp3) is 0.400. The van der Waals surface area contributed by atoms with Crippen molar-refractivity contribution in [2.24, 2.45) is 0 Å². The van der Waals surface area contributed by atoms with E-state index in [1.54, 1.807) is 6.92 Å². The van der Waals surface area contributed by atoms with E-state index in [2.05, 4.69) is 11.0 Å². The van der Waals surface area contributed by atoms with Crippen LogP contribution < -0.4 is 4.74 Å². The first-order chi connectivity index (χ1) is 13.0. The molecule has 1 saturated heterocycles. The number of aryl methyl sites for hydroxylation is 1. The molecule has 0 aromatic heterocycles. The third kappa shape index (κ3) is 3.47. The van der Waals surface area contributed by atoms with Gasteiger partial charge in [-0.25, -0.2) is 12.8 Å². The number of halogens is 1. The Morgan fingerprint density at radius 3 is 2.56 bits per heavy atom. The Morgan fingerprint density at radius 2 is 1.81 bits per heavy atom. The summed E-state index contributed by atoms with van der Waals surface area (Å²) in [4.78, 5) is 2.53. The van der Waals surface area contributed by atoms with Gasteiger partial charge in [-0.1, -0.05) is 18.2 Å². The van der Waals surface area contributed by atoms with Gasteiger partial charge in [-0.15, -0.1) is 0 Å². The monoisotopic (exact) mass is 390 g/mol. The molecule has 0 saturated carbocycles. The third-order valence-electron chi connectivity index (χ3n) is 5.40. The average molecular weight is 390 g/mol. The van der Waals surface area contributed by atoms with Crippen molar-refractivity contribution in [3.8, 4) is 5.75 Å². The van der Waals surface area contributed by atoms with Crippen molar-refractivity contribution in [1.29, 1.82) is 0 Å². The smallest absolute Gasteiger partial charge is 0.243 e. The van der Waals surface area contributed by atoms with Gasteiger partial charge in [0.2, 0.25) is 10.0 Å². The lowest BCUT2D eigenvalue weighted by Gasteiger charge is -2.40. The third-order valence-corrected chi connectivity index (χ3v) is 7.45. The number of rotatable bonds is 3. The Bertz CT molecular complexity index is 940. The van der Waals surface area contributed by atoms with Crippen molar-refractivity contribution < 1.29 is 17.5 Å². The lowest BCUT2D eigenvalue weighted by molar-refractivity contribution is 0.103. The zero-order valence-electron chi connectivity index (χ0n) is 15.3. The van der Waals surface area contributed by atoms with Gasteiger partial charge in [-0.2, -0.15) is 4.31 Å². The molecule has 2 aromatic rings. The molecule has 5 nitrogen and oxygen atoms in total. The summed E-state index contributed by atoms with van der Waals surface area (Å²) in [5.41, 5.74) is 1.62. The molecular weight excluding hydrogens is 367 g/mol. The molecule has 2 aliphatic rings. The summed E-state index contributed by atoms with van der Waals surface area (Å²) in [5.74, 6) is 0.500. The number of para-hydroxylation sites is 1. The van der Waals surface area contributed by atoms with Crippen molar-refractivity contribution in [2.45, 2.75) is 24.3 Å². The fourth-order valence-electron chi connectivity index (χ4n) is 4.00. The maximum Gasteiger partial charge on any atom is 0.243 e. The Hall–Kier alpha value is -1.96. The standard InChI is InChI=1S/C20H23FN2O3S/c1-15-14-16(21)6-7-20(15)27(24,25)23-11-9-22(10-12-23)18-8-13-26-19-5-3-2-4-17(18)19/h2-7,14,18H,8-13H2,1H3. The summed E-state index contributed by atoms with van der Waals surface area (Å²) in [6, 6.07) is 12.1. The van der Waals surface area contributed by atoms with Crippen LogP contribution in [0, 0.1) is 12.7 Å². The summed E-state index contributed by atoms with van der Waals surface area (Å²) in [7, 11) is -3.61. The zero-order valence-corrected chi connectivity index (χ0v) is 16.1.